The van der Waals surface area contributed by atoms with E-state index in [1.54, 1.807) is 0 Å². The van der Waals surface area contributed by atoms with E-state index in [0.29, 0.717) is 0 Å². The van der Waals surface area contributed by atoms with Crippen LogP contribution in [0.25, 0.3) is 0 Å². The zero-order valence-electron chi connectivity index (χ0n) is 17.8. The molecule has 0 atom stereocenters. The van der Waals surface area contributed by atoms with E-state index in [1.165, 1.54) is 5.69 Å². The smallest absolute Gasteiger partial charge is 0.137 e. The molecule has 0 aliphatic heterocycles. The fraction of sp³-hybridized carbons (Fsp3) is 0.700. The molecule has 0 fully saturated rings. The van der Waals surface area contributed by atoms with E-state index in [1.807, 2.05) is 0 Å². The van der Waals surface area contributed by atoms with Crippen molar-refractivity contribution in [2.75, 3.05) is 79.0 Å². The molecule has 0 bridgehead atoms. The summed E-state index contributed by atoms with van der Waals surface area (Å²) in [6.45, 7) is 14.0. The van der Waals surface area contributed by atoms with Gasteiger partial charge in [0, 0.05) is 12.2 Å². The third kappa shape index (κ3) is 10.5. The summed E-state index contributed by atoms with van der Waals surface area (Å²) in [5.74, 6) is 0.968. The van der Waals surface area contributed by atoms with Crippen LogP contribution >= 0.6 is 0 Å². The van der Waals surface area contributed by atoms with Crippen LogP contribution in [-0.4, -0.2) is 83.0 Å². The molecule has 0 N–H and O–H groups in total. The van der Waals surface area contributed by atoms with Crippen molar-refractivity contribution in [1.82, 2.24) is 0 Å². The molecule has 0 amide bonds. The van der Waals surface area contributed by atoms with Crippen LogP contribution < -0.4 is 57.6 Å². The average Bonchev–Trinajstić information content (AvgIpc) is 2.56. The number of nitrogens with zero attached hydrogens (tertiary/aromatic N) is 3. The number of anilines is 1. The molecule has 1 aromatic rings. The average molecular weight is 591 g/mol. The second-order valence-electron chi connectivity index (χ2n) is 7.87. The topological polar surface area (TPSA) is 12.5 Å². The van der Waals surface area contributed by atoms with Crippen LogP contribution in [-0.2, 0) is 0 Å². The summed E-state index contributed by atoms with van der Waals surface area (Å²) in [7, 11) is 9.06. The third-order valence-electron chi connectivity index (χ3n) is 5.24. The number of hydrogen-bond acceptors (Lipinski definition) is 2. The predicted molar refractivity (Wildman–Crippen MR) is 105 cm³/mol. The Morgan fingerprint density at radius 3 is 1.77 bits per heavy atom. The Morgan fingerprint density at radius 1 is 0.808 bits per heavy atom. The van der Waals surface area contributed by atoms with Crippen molar-refractivity contribution in [3.63, 3.8) is 0 Å². The summed E-state index contributed by atoms with van der Waals surface area (Å²) in [4.78, 5) is 2.44. The van der Waals surface area contributed by atoms with Crippen LogP contribution in [0, 0.1) is 0 Å². The standard InChI is InChI=1S/C20H39N3O.2HI/c1-8-21(15-16-22(4,5)9-2)19-11-13-20(14-12-19)24-18-17-23(6,7)10-3;;/h11-14H,8-10,15-18H2,1-7H3;2*1H/q+2;;/p-2. The van der Waals surface area contributed by atoms with Gasteiger partial charge in [0.2, 0.25) is 0 Å². The van der Waals surface area contributed by atoms with E-state index in [2.05, 4.69) is 78.1 Å². The number of benzene rings is 1. The Balaban J connectivity index is 0. The highest BCUT2D eigenvalue weighted by Gasteiger charge is 2.15. The first-order valence-corrected chi connectivity index (χ1v) is 9.35. The summed E-state index contributed by atoms with van der Waals surface area (Å²) in [6.07, 6.45) is 0. The van der Waals surface area contributed by atoms with Gasteiger partial charge in [0.15, 0.2) is 0 Å². The molecule has 0 saturated carbocycles. The van der Waals surface area contributed by atoms with Crippen LogP contribution in [0.3, 0.4) is 0 Å². The van der Waals surface area contributed by atoms with Gasteiger partial charge in [-0.25, -0.2) is 0 Å². The van der Waals surface area contributed by atoms with Gasteiger partial charge in [0.05, 0.1) is 54.4 Å². The fourth-order valence-corrected chi connectivity index (χ4v) is 2.34. The van der Waals surface area contributed by atoms with E-state index < -0.39 is 0 Å². The molecular weight excluding hydrogens is 552 g/mol. The van der Waals surface area contributed by atoms with Gasteiger partial charge >= 0.3 is 0 Å². The van der Waals surface area contributed by atoms with E-state index in [4.69, 9.17) is 4.74 Å². The van der Waals surface area contributed by atoms with Crippen molar-refractivity contribution in [1.29, 1.82) is 0 Å². The SMILES string of the molecule is CCN(CC[N+](C)(C)CC)c1ccc(OCC[N+](C)(C)CC)cc1.[I-].[I-]. The summed E-state index contributed by atoms with van der Waals surface area (Å²) < 4.78 is 7.96. The Bertz CT molecular complexity index is 478. The van der Waals surface area contributed by atoms with Crippen LogP contribution in [0.5, 0.6) is 5.75 Å². The number of hydrogen-bond donors (Lipinski definition) is 0. The van der Waals surface area contributed by atoms with Crippen LogP contribution in [0.15, 0.2) is 24.3 Å². The Kier molecular flexibility index (Phi) is 14.6. The van der Waals surface area contributed by atoms with E-state index in [-0.39, 0.29) is 48.0 Å². The van der Waals surface area contributed by atoms with Crippen LogP contribution in [0.1, 0.15) is 20.8 Å². The van der Waals surface area contributed by atoms with Gasteiger partial charge in [-0.1, -0.05) is 0 Å². The molecule has 26 heavy (non-hydrogen) atoms. The van der Waals surface area contributed by atoms with Gasteiger partial charge in [-0.15, -0.1) is 0 Å². The molecule has 0 spiro atoms. The number of quaternary nitrogens is 2. The fourth-order valence-electron chi connectivity index (χ4n) is 2.34. The summed E-state index contributed by atoms with van der Waals surface area (Å²) in [5, 5.41) is 0. The molecular formula is C20H39I2N3O. The van der Waals surface area contributed by atoms with Gasteiger partial charge in [0.25, 0.3) is 0 Å². The molecule has 4 nitrogen and oxygen atoms in total. The Morgan fingerprint density at radius 2 is 1.31 bits per heavy atom. The van der Waals surface area contributed by atoms with Crippen LogP contribution in [0.4, 0.5) is 5.69 Å². The molecule has 0 heterocycles. The van der Waals surface area contributed by atoms with Crippen molar-refractivity contribution >= 4 is 5.69 Å². The number of likely N-dealkylation sites (N-methyl/N-ethyl adjacent to an activating group) is 3. The van der Waals surface area contributed by atoms with Crippen molar-refractivity contribution in [3.05, 3.63) is 24.3 Å². The van der Waals surface area contributed by atoms with Gasteiger partial charge in [-0.05, 0) is 45.0 Å². The molecule has 0 aliphatic carbocycles. The Labute approximate surface area is 196 Å². The van der Waals surface area contributed by atoms with Crippen molar-refractivity contribution < 1.29 is 61.7 Å². The molecule has 1 aromatic carbocycles. The lowest BCUT2D eigenvalue weighted by Crippen LogP contribution is -3.00. The second kappa shape index (κ2) is 13.4. The lowest BCUT2D eigenvalue weighted by molar-refractivity contribution is -0.888. The molecule has 1 rings (SSSR count). The molecule has 0 unspecified atom stereocenters. The van der Waals surface area contributed by atoms with Crippen molar-refractivity contribution in [2.45, 2.75) is 20.8 Å². The first-order chi connectivity index (χ1) is 11.2. The second-order valence-corrected chi connectivity index (χ2v) is 7.87. The number of rotatable bonds is 11. The maximum absolute atomic E-state index is 5.91. The molecule has 154 valence electrons. The maximum atomic E-state index is 5.91. The molecule has 0 saturated heterocycles. The number of ether oxygens (including phenoxy) is 1. The van der Waals surface area contributed by atoms with E-state index in [9.17, 15) is 0 Å². The van der Waals surface area contributed by atoms with E-state index >= 15 is 0 Å². The normalized spacial score (nSPS) is 11.3. The minimum absolute atomic E-state index is 0. The highest BCUT2D eigenvalue weighted by atomic mass is 127. The maximum Gasteiger partial charge on any atom is 0.137 e. The summed E-state index contributed by atoms with van der Waals surface area (Å²) >= 11 is 0. The zero-order chi connectivity index (χ0) is 18.2. The Hall–Kier alpha value is 0.200. The predicted octanol–water partition coefficient (Wildman–Crippen LogP) is -2.91. The minimum atomic E-state index is 0. The first kappa shape index (κ1) is 28.4. The van der Waals surface area contributed by atoms with Gasteiger partial charge in [-0.3, -0.25) is 0 Å². The van der Waals surface area contributed by atoms with Gasteiger partial charge in [0.1, 0.15) is 18.9 Å². The number of halogens is 2. The lowest BCUT2D eigenvalue weighted by Gasteiger charge is -2.32. The molecule has 0 aromatic heterocycles. The largest absolute Gasteiger partial charge is 1.00 e. The third-order valence-corrected chi connectivity index (χ3v) is 5.24. The highest BCUT2D eigenvalue weighted by Crippen LogP contribution is 2.19. The molecule has 6 heteroatoms. The summed E-state index contributed by atoms with van der Waals surface area (Å²) in [6, 6.07) is 8.57. The zero-order valence-corrected chi connectivity index (χ0v) is 22.1. The van der Waals surface area contributed by atoms with Crippen LogP contribution in [0.2, 0.25) is 0 Å². The lowest BCUT2D eigenvalue weighted by atomic mass is 10.2. The quantitative estimate of drug-likeness (QED) is 0.203. The summed E-state index contributed by atoms with van der Waals surface area (Å²) in [5.41, 5.74) is 1.28. The van der Waals surface area contributed by atoms with Gasteiger partial charge in [-0.2, -0.15) is 0 Å². The van der Waals surface area contributed by atoms with Crippen molar-refractivity contribution in [2.24, 2.45) is 0 Å². The highest BCUT2D eigenvalue weighted by molar-refractivity contribution is 5.48. The minimum Gasteiger partial charge on any atom is -1.00 e. The van der Waals surface area contributed by atoms with Gasteiger partial charge < -0.3 is 66.6 Å². The molecule has 0 aliphatic rings. The van der Waals surface area contributed by atoms with Crippen molar-refractivity contribution in [3.8, 4) is 5.75 Å². The molecule has 0 radical (unpaired) electrons. The first-order valence-electron chi connectivity index (χ1n) is 9.35. The van der Waals surface area contributed by atoms with E-state index in [0.717, 1.165) is 60.6 Å². The monoisotopic (exact) mass is 591 g/mol.